The van der Waals surface area contributed by atoms with Gasteiger partial charge < -0.3 is 9.30 Å². The molecule has 0 aliphatic rings. The Morgan fingerprint density at radius 2 is 1.90 bits per heavy atom. The van der Waals surface area contributed by atoms with Gasteiger partial charge in [-0.05, 0) is 6.92 Å². The number of nitrogens with zero attached hydrogens (tertiary/aromatic N) is 4. The molecular formula is C12H16N4O4. The van der Waals surface area contributed by atoms with Crippen molar-refractivity contribution >= 4 is 16.9 Å². The van der Waals surface area contributed by atoms with Crippen LogP contribution in [0, 0.1) is 0 Å². The first-order valence-electron chi connectivity index (χ1n) is 6.02. The van der Waals surface area contributed by atoms with Gasteiger partial charge in [-0.25, -0.2) is 9.78 Å². The molecule has 0 aliphatic carbocycles. The number of ether oxygens (including phenoxy) is 1. The summed E-state index contributed by atoms with van der Waals surface area (Å²) in [4.78, 5) is 39.8. The number of Topliss-reactive ketones (excluding diaryl/α,β-unsaturated/α-hetero) is 1. The zero-order valence-electron chi connectivity index (χ0n) is 11.8. The first kappa shape index (κ1) is 14.2. The first-order valence-corrected chi connectivity index (χ1v) is 6.02. The third kappa shape index (κ3) is 2.07. The van der Waals surface area contributed by atoms with Crippen molar-refractivity contribution in [1.82, 2.24) is 18.7 Å². The summed E-state index contributed by atoms with van der Waals surface area (Å²) in [5.41, 5.74) is -0.443. The lowest BCUT2D eigenvalue weighted by molar-refractivity contribution is -0.117. The van der Waals surface area contributed by atoms with Gasteiger partial charge in [0, 0.05) is 21.2 Å². The smallest absolute Gasteiger partial charge is 0.332 e. The molecule has 0 spiro atoms. The summed E-state index contributed by atoms with van der Waals surface area (Å²) in [6.45, 7) is 1.59. The van der Waals surface area contributed by atoms with Gasteiger partial charge >= 0.3 is 5.69 Å². The van der Waals surface area contributed by atoms with E-state index < -0.39 is 11.2 Å². The van der Waals surface area contributed by atoms with Crippen LogP contribution in [0.15, 0.2) is 9.59 Å². The minimum Gasteiger partial charge on any atom is -0.377 e. The van der Waals surface area contributed by atoms with Crippen molar-refractivity contribution in [2.45, 2.75) is 20.1 Å². The molecule has 2 aromatic heterocycles. The Labute approximate surface area is 114 Å². The lowest BCUT2D eigenvalue weighted by Crippen LogP contribution is -2.37. The summed E-state index contributed by atoms with van der Waals surface area (Å²) in [6, 6.07) is 0. The molecule has 0 saturated carbocycles. The van der Waals surface area contributed by atoms with Gasteiger partial charge in [0.1, 0.15) is 18.2 Å². The second-order valence-electron chi connectivity index (χ2n) is 4.63. The van der Waals surface area contributed by atoms with E-state index in [1.807, 2.05) is 0 Å². The van der Waals surface area contributed by atoms with Gasteiger partial charge in [-0.15, -0.1) is 0 Å². The number of aromatic nitrogens is 4. The number of ketones is 1. The summed E-state index contributed by atoms with van der Waals surface area (Å²) in [5, 5.41) is 0. The molecule has 2 aromatic rings. The lowest BCUT2D eigenvalue weighted by Gasteiger charge is -2.07. The Balaban J connectivity index is 2.93. The molecule has 2 heterocycles. The standard InChI is InChI=1S/C12H16N4O4/c1-7(17)5-16-8(6-20-4)13-10-9(16)11(18)15(3)12(19)14(10)2/h5-6H2,1-4H3. The van der Waals surface area contributed by atoms with E-state index in [0.717, 1.165) is 4.57 Å². The average molecular weight is 280 g/mol. The van der Waals surface area contributed by atoms with Gasteiger partial charge in [-0.2, -0.15) is 0 Å². The molecule has 0 bridgehead atoms. The van der Waals surface area contributed by atoms with Gasteiger partial charge in [0.25, 0.3) is 5.56 Å². The number of hydrogen-bond acceptors (Lipinski definition) is 5. The second kappa shape index (κ2) is 5.04. The predicted octanol–water partition coefficient (Wildman–Crippen LogP) is -0.831. The molecule has 0 amide bonds. The van der Waals surface area contributed by atoms with E-state index in [9.17, 15) is 14.4 Å². The molecular weight excluding hydrogens is 264 g/mol. The van der Waals surface area contributed by atoms with Gasteiger partial charge in [0.2, 0.25) is 0 Å². The number of imidazole rings is 1. The van der Waals surface area contributed by atoms with E-state index in [-0.39, 0.29) is 30.1 Å². The third-order valence-corrected chi connectivity index (χ3v) is 3.08. The summed E-state index contributed by atoms with van der Waals surface area (Å²) in [6.07, 6.45) is 0. The highest BCUT2D eigenvalue weighted by Crippen LogP contribution is 2.12. The highest BCUT2D eigenvalue weighted by molar-refractivity contribution is 5.79. The van der Waals surface area contributed by atoms with E-state index >= 15 is 0 Å². The van der Waals surface area contributed by atoms with Crippen LogP contribution in [0.3, 0.4) is 0 Å². The molecule has 0 unspecified atom stereocenters. The Hall–Kier alpha value is -2.22. The van der Waals surface area contributed by atoms with E-state index in [1.165, 1.54) is 37.3 Å². The number of fused-ring (bicyclic) bond motifs is 1. The van der Waals surface area contributed by atoms with Gasteiger partial charge in [-0.3, -0.25) is 18.7 Å². The van der Waals surface area contributed by atoms with E-state index in [2.05, 4.69) is 4.98 Å². The Kier molecular flexibility index (Phi) is 3.58. The van der Waals surface area contributed by atoms with Crippen molar-refractivity contribution in [2.24, 2.45) is 14.1 Å². The second-order valence-corrected chi connectivity index (χ2v) is 4.63. The number of carbonyl (C=O) groups is 1. The van der Waals surface area contributed by atoms with Crippen LogP contribution in [-0.4, -0.2) is 31.6 Å². The van der Waals surface area contributed by atoms with Crippen molar-refractivity contribution in [3.05, 3.63) is 26.7 Å². The molecule has 8 heteroatoms. The fourth-order valence-corrected chi connectivity index (χ4v) is 2.12. The Bertz CT molecular complexity index is 796. The molecule has 2 rings (SSSR count). The van der Waals surface area contributed by atoms with Crippen LogP contribution >= 0.6 is 0 Å². The van der Waals surface area contributed by atoms with Gasteiger partial charge in [0.15, 0.2) is 11.2 Å². The number of hydrogen-bond donors (Lipinski definition) is 0. The van der Waals surface area contributed by atoms with Crippen LogP contribution in [0.1, 0.15) is 12.7 Å². The molecule has 0 radical (unpaired) electrons. The molecule has 0 N–H and O–H groups in total. The summed E-state index contributed by atoms with van der Waals surface area (Å²) in [7, 11) is 4.42. The van der Waals surface area contributed by atoms with Crippen molar-refractivity contribution < 1.29 is 9.53 Å². The molecule has 0 atom stereocenters. The quantitative estimate of drug-likeness (QED) is 0.729. The van der Waals surface area contributed by atoms with Crippen molar-refractivity contribution in [3.63, 3.8) is 0 Å². The first-order chi connectivity index (χ1) is 9.38. The largest absolute Gasteiger partial charge is 0.377 e. The van der Waals surface area contributed by atoms with Gasteiger partial charge in [-0.1, -0.05) is 0 Å². The number of aryl methyl sites for hydroxylation is 1. The molecule has 20 heavy (non-hydrogen) atoms. The summed E-state index contributed by atoms with van der Waals surface area (Å²) >= 11 is 0. The Morgan fingerprint density at radius 3 is 2.45 bits per heavy atom. The van der Waals surface area contributed by atoms with Crippen LogP contribution in [0.25, 0.3) is 11.2 Å². The lowest BCUT2D eigenvalue weighted by atomic mass is 10.4. The highest BCUT2D eigenvalue weighted by Gasteiger charge is 2.19. The maximum Gasteiger partial charge on any atom is 0.332 e. The summed E-state index contributed by atoms with van der Waals surface area (Å²) < 4.78 is 8.81. The van der Waals surface area contributed by atoms with Gasteiger partial charge in [0.05, 0.1) is 6.54 Å². The van der Waals surface area contributed by atoms with Crippen molar-refractivity contribution in [3.8, 4) is 0 Å². The molecule has 0 aliphatic heterocycles. The number of carbonyl (C=O) groups excluding carboxylic acids is 1. The van der Waals surface area contributed by atoms with E-state index in [0.29, 0.717) is 5.82 Å². The molecule has 0 aromatic carbocycles. The van der Waals surface area contributed by atoms with Crippen molar-refractivity contribution in [1.29, 1.82) is 0 Å². The van der Waals surface area contributed by atoms with E-state index in [4.69, 9.17) is 4.74 Å². The number of rotatable bonds is 4. The zero-order valence-corrected chi connectivity index (χ0v) is 11.8. The summed E-state index contributed by atoms with van der Waals surface area (Å²) in [5.74, 6) is 0.327. The molecule has 8 nitrogen and oxygen atoms in total. The van der Waals surface area contributed by atoms with Crippen LogP contribution < -0.4 is 11.2 Å². The number of methoxy groups -OCH3 is 1. The maximum absolute atomic E-state index is 12.3. The predicted molar refractivity (Wildman–Crippen MR) is 71.6 cm³/mol. The average Bonchev–Trinajstić information content (AvgIpc) is 2.73. The SMILES string of the molecule is COCc1nc2c(c(=O)n(C)c(=O)n2C)n1CC(C)=O. The maximum atomic E-state index is 12.3. The fraction of sp³-hybridized carbons (Fsp3) is 0.500. The fourth-order valence-electron chi connectivity index (χ4n) is 2.12. The Morgan fingerprint density at radius 1 is 1.25 bits per heavy atom. The van der Waals surface area contributed by atoms with Crippen LogP contribution in [0.4, 0.5) is 0 Å². The van der Waals surface area contributed by atoms with Crippen LogP contribution in [0.5, 0.6) is 0 Å². The zero-order chi connectivity index (χ0) is 15.0. The third-order valence-electron chi connectivity index (χ3n) is 3.08. The van der Waals surface area contributed by atoms with Crippen LogP contribution in [0.2, 0.25) is 0 Å². The minimum absolute atomic E-state index is 0.0165. The molecule has 0 saturated heterocycles. The van der Waals surface area contributed by atoms with Crippen molar-refractivity contribution in [2.75, 3.05) is 7.11 Å². The van der Waals surface area contributed by atoms with E-state index in [1.54, 1.807) is 0 Å². The topological polar surface area (TPSA) is 88.1 Å². The molecule has 0 fully saturated rings. The van der Waals surface area contributed by atoms with Crippen LogP contribution in [-0.2, 0) is 36.8 Å². The highest BCUT2D eigenvalue weighted by atomic mass is 16.5. The molecule has 108 valence electrons. The minimum atomic E-state index is -0.473. The monoisotopic (exact) mass is 280 g/mol. The normalized spacial score (nSPS) is 11.2.